The summed E-state index contributed by atoms with van der Waals surface area (Å²) in [5, 5.41) is 10.6. The number of carbonyl (C=O) groups is 4. The van der Waals surface area contributed by atoms with Crippen LogP contribution in [0.25, 0.3) is 0 Å². The van der Waals surface area contributed by atoms with Crippen molar-refractivity contribution < 1.29 is 80.2 Å². The van der Waals surface area contributed by atoms with Crippen molar-refractivity contribution in [1.29, 1.82) is 0 Å². The molecular formula is C81H158O17P2. The van der Waals surface area contributed by atoms with E-state index in [4.69, 9.17) is 37.0 Å². The third-order valence-electron chi connectivity index (χ3n) is 19.0. The molecule has 0 rings (SSSR count). The van der Waals surface area contributed by atoms with Crippen LogP contribution in [0.5, 0.6) is 0 Å². The second-order valence-corrected chi connectivity index (χ2v) is 32.5. The van der Waals surface area contributed by atoms with Gasteiger partial charge in [0.15, 0.2) is 12.2 Å². The van der Waals surface area contributed by atoms with E-state index in [1.165, 1.54) is 257 Å². The Morgan fingerprint density at radius 1 is 0.270 bits per heavy atom. The molecule has 100 heavy (non-hydrogen) atoms. The second kappa shape index (κ2) is 73.9. The number of hydrogen-bond donors (Lipinski definition) is 3. The fourth-order valence-electron chi connectivity index (χ4n) is 12.6. The molecule has 0 radical (unpaired) electrons. The number of aliphatic hydroxyl groups excluding tert-OH is 1. The van der Waals surface area contributed by atoms with Crippen molar-refractivity contribution in [2.45, 2.75) is 451 Å². The van der Waals surface area contributed by atoms with E-state index in [1.807, 2.05) is 0 Å². The Bertz CT molecular complexity index is 1910. The van der Waals surface area contributed by atoms with E-state index in [0.717, 1.165) is 95.8 Å². The largest absolute Gasteiger partial charge is 0.472 e. The molecule has 0 aromatic carbocycles. The highest BCUT2D eigenvalue weighted by Crippen LogP contribution is 2.45. The molecule has 0 saturated carbocycles. The van der Waals surface area contributed by atoms with Gasteiger partial charge in [-0.15, -0.1) is 0 Å². The second-order valence-electron chi connectivity index (χ2n) is 29.6. The predicted molar refractivity (Wildman–Crippen MR) is 409 cm³/mol. The lowest BCUT2D eigenvalue weighted by molar-refractivity contribution is -0.161. The Morgan fingerprint density at radius 2 is 0.460 bits per heavy atom. The lowest BCUT2D eigenvalue weighted by atomic mass is 10.0. The molecule has 0 aliphatic rings. The lowest BCUT2D eigenvalue weighted by Crippen LogP contribution is -2.30. The van der Waals surface area contributed by atoms with E-state index in [-0.39, 0.29) is 25.7 Å². The molecule has 2 unspecified atom stereocenters. The van der Waals surface area contributed by atoms with Crippen molar-refractivity contribution >= 4 is 39.5 Å². The zero-order valence-corrected chi connectivity index (χ0v) is 67.1. The zero-order chi connectivity index (χ0) is 73.4. The van der Waals surface area contributed by atoms with Gasteiger partial charge in [-0.1, -0.05) is 381 Å². The Hall–Kier alpha value is -1.94. The quantitative estimate of drug-likeness (QED) is 0.0222. The van der Waals surface area contributed by atoms with Crippen molar-refractivity contribution in [3.8, 4) is 0 Å². The average molecular weight is 1470 g/mol. The van der Waals surface area contributed by atoms with Gasteiger partial charge in [0.05, 0.1) is 26.4 Å². The minimum Gasteiger partial charge on any atom is -0.462 e. The minimum absolute atomic E-state index is 0.108. The van der Waals surface area contributed by atoms with Gasteiger partial charge in [-0.2, -0.15) is 0 Å². The first-order valence-electron chi connectivity index (χ1n) is 42.1. The van der Waals surface area contributed by atoms with Gasteiger partial charge < -0.3 is 33.8 Å². The maximum Gasteiger partial charge on any atom is 0.472 e. The Labute approximate surface area is 613 Å². The van der Waals surface area contributed by atoms with Gasteiger partial charge in [-0.05, 0) is 31.6 Å². The van der Waals surface area contributed by atoms with Crippen LogP contribution in [0.1, 0.15) is 433 Å². The maximum absolute atomic E-state index is 13.1. The first-order valence-corrected chi connectivity index (χ1v) is 45.1. The van der Waals surface area contributed by atoms with Crippen LogP contribution in [-0.2, 0) is 65.4 Å². The normalized spacial score (nSPS) is 13.8. The molecule has 3 N–H and O–H groups in total. The van der Waals surface area contributed by atoms with E-state index in [0.29, 0.717) is 25.7 Å². The summed E-state index contributed by atoms with van der Waals surface area (Å²) in [7, 11) is -9.92. The summed E-state index contributed by atoms with van der Waals surface area (Å²) < 4.78 is 68.7. The third kappa shape index (κ3) is 74.3. The van der Waals surface area contributed by atoms with Gasteiger partial charge in [0.2, 0.25) is 0 Å². The number of phosphoric ester groups is 2. The highest BCUT2D eigenvalue weighted by atomic mass is 31.2. The van der Waals surface area contributed by atoms with Crippen LogP contribution in [0.2, 0.25) is 0 Å². The molecule has 5 atom stereocenters. The molecule has 0 heterocycles. The molecule has 0 saturated heterocycles. The van der Waals surface area contributed by atoms with Crippen LogP contribution in [0, 0.1) is 5.92 Å². The fraction of sp³-hybridized carbons (Fsp3) is 0.951. The smallest absolute Gasteiger partial charge is 0.462 e. The average Bonchev–Trinajstić information content (AvgIpc) is 0.916. The van der Waals surface area contributed by atoms with Crippen molar-refractivity contribution in [2.75, 3.05) is 39.6 Å². The van der Waals surface area contributed by atoms with E-state index in [2.05, 4.69) is 34.6 Å². The fourth-order valence-corrected chi connectivity index (χ4v) is 14.2. The van der Waals surface area contributed by atoms with Crippen LogP contribution >= 0.6 is 15.6 Å². The maximum atomic E-state index is 13.1. The molecule has 0 aliphatic heterocycles. The predicted octanol–water partition coefficient (Wildman–Crippen LogP) is 24.4. The lowest BCUT2D eigenvalue weighted by Gasteiger charge is -2.21. The number of esters is 4. The summed E-state index contributed by atoms with van der Waals surface area (Å²) in [5.41, 5.74) is 0. The molecule has 594 valence electrons. The summed E-state index contributed by atoms with van der Waals surface area (Å²) in [5.74, 6) is -1.30. The minimum atomic E-state index is -4.96. The molecule has 0 bridgehead atoms. The molecule has 0 fully saturated rings. The Morgan fingerprint density at radius 3 is 0.680 bits per heavy atom. The third-order valence-corrected chi connectivity index (χ3v) is 20.9. The first kappa shape index (κ1) is 98.1. The summed E-state index contributed by atoms with van der Waals surface area (Å²) in [4.78, 5) is 73.0. The van der Waals surface area contributed by atoms with E-state index in [1.54, 1.807) is 0 Å². The van der Waals surface area contributed by atoms with E-state index in [9.17, 15) is 43.2 Å². The van der Waals surface area contributed by atoms with Crippen molar-refractivity contribution in [2.24, 2.45) is 5.92 Å². The van der Waals surface area contributed by atoms with Crippen LogP contribution in [0.3, 0.4) is 0 Å². The summed E-state index contributed by atoms with van der Waals surface area (Å²) >= 11 is 0. The summed E-state index contributed by atoms with van der Waals surface area (Å²) in [6.07, 6.45) is 65.0. The number of unbranched alkanes of at least 4 members (excludes halogenated alkanes) is 53. The highest BCUT2D eigenvalue weighted by Gasteiger charge is 2.30. The molecule has 0 aromatic heterocycles. The van der Waals surface area contributed by atoms with Gasteiger partial charge in [0.1, 0.15) is 19.3 Å². The van der Waals surface area contributed by atoms with E-state index >= 15 is 0 Å². The topological polar surface area (TPSA) is 237 Å². The molecule has 0 aromatic rings. The zero-order valence-electron chi connectivity index (χ0n) is 65.3. The number of aliphatic hydroxyl groups is 1. The molecule has 0 amide bonds. The van der Waals surface area contributed by atoms with Crippen molar-refractivity contribution in [3.05, 3.63) is 0 Å². The summed E-state index contributed by atoms with van der Waals surface area (Å²) in [6.45, 7) is 7.36. The van der Waals surface area contributed by atoms with Crippen LogP contribution in [-0.4, -0.2) is 96.7 Å². The monoisotopic (exact) mass is 1470 g/mol. The van der Waals surface area contributed by atoms with Gasteiger partial charge >= 0.3 is 39.5 Å². The number of ether oxygens (including phenoxy) is 4. The highest BCUT2D eigenvalue weighted by molar-refractivity contribution is 7.47. The van der Waals surface area contributed by atoms with Gasteiger partial charge in [-0.3, -0.25) is 37.3 Å². The SMILES string of the molecule is CCCCCCCCCCCCCCCCCCCCC(=O)O[C@H](COC(=O)CCCCCCCCCCCCCCCCC(C)C)COP(=O)(O)OC[C@@H](O)COP(=O)(O)OC[C@@H](COC(=O)CCCCCCCCCCCCCC)OC(=O)CCCCCCCCCCCCCCC. The molecule has 17 nitrogen and oxygen atoms in total. The molecule has 0 spiro atoms. The van der Waals surface area contributed by atoms with E-state index < -0.39 is 97.5 Å². The Kier molecular flexibility index (Phi) is 72.5. The van der Waals surface area contributed by atoms with Crippen LogP contribution in [0.4, 0.5) is 0 Å². The number of phosphoric acid groups is 2. The van der Waals surface area contributed by atoms with Gasteiger partial charge in [-0.25, -0.2) is 9.13 Å². The van der Waals surface area contributed by atoms with Crippen LogP contribution in [0.15, 0.2) is 0 Å². The number of hydrogen-bond acceptors (Lipinski definition) is 15. The van der Waals surface area contributed by atoms with Gasteiger partial charge in [0.25, 0.3) is 0 Å². The standard InChI is InChI=1S/C81H158O17P2/c1-6-9-12-15-18-21-24-27-28-29-30-31-37-42-47-52-57-62-67-81(86)98-77(71-92-79(84)65-60-55-50-45-40-36-33-32-35-38-43-48-53-58-63-74(4)5)73-96-100(89,90)94-69-75(82)68-93-99(87,88)95-72-76(70-91-78(83)64-59-54-49-44-39-26-23-20-17-14-11-8-3)97-80(85)66-61-56-51-46-41-34-25-22-19-16-13-10-7-2/h74-77,82H,6-73H2,1-5H3,(H,87,88)(H,89,90)/t75-,76+,77+/m0/s1. The molecule has 19 heteroatoms. The molecule has 0 aliphatic carbocycles. The summed E-state index contributed by atoms with van der Waals surface area (Å²) in [6, 6.07) is 0. The number of rotatable bonds is 81. The van der Waals surface area contributed by atoms with Crippen LogP contribution < -0.4 is 0 Å². The first-order chi connectivity index (χ1) is 48.5. The van der Waals surface area contributed by atoms with Crippen molar-refractivity contribution in [1.82, 2.24) is 0 Å². The van der Waals surface area contributed by atoms with Crippen molar-refractivity contribution in [3.63, 3.8) is 0 Å². The Balaban J connectivity index is 5.25. The van der Waals surface area contributed by atoms with Gasteiger partial charge in [0, 0.05) is 25.7 Å². The number of carbonyl (C=O) groups excluding carboxylic acids is 4. The molecular weight excluding hydrogens is 1310 g/mol.